The molecule has 1 aliphatic heterocycles. The Kier molecular flexibility index (Phi) is 2.52. The molecule has 0 aromatic heterocycles. The molecule has 0 radical (unpaired) electrons. The fourth-order valence-corrected chi connectivity index (χ4v) is 1.29. The van der Waals surface area contributed by atoms with Crippen molar-refractivity contribution in [1.82, 2.24) is 0 Å². The van der Waals surface area contributed by atoms with Gasteiger partial charge in [-0.2, -0.15) is 0 Å². The SMILES string of the molecule is CC[C@@H](C)[C@H](N)C1(O)COC1. The number of nitrogens with two attached hydrogens (primary N) is 1. The molecule has 0 saturated carbocycles. The van der Waals surface area contributed by atoms with Crippen molar-refractivity contribution in [3.05, 3.63) is 0 Å². The molecule has 1 rings (SSSR count). The Morgan fingerprint density at radius 2 is 2.18 bits per heavy atom. The van der Waals surface area contributed by atoms with E-state index in [0.717, 1.165) is 6.42 Å². The highest BCUT2D eigenvalue weighted by Gasteiger charge is 2.43. The first-order valence-corrected chi connectivity index (χ1v) is 4.16. The van der Waals surface area contributed by atoms with Gasteiger partial charge in [-0.1, -0.05) is 20.3 Å². The Bertz CT molecular complexity index is 134. The second-order valence-corrected chi connectivity index (χ2v) is 3.51. The van der Waals surface area contributed by atoms with Crippen LogP contribution in [0, 0.1) is 5.92 Å². The second-order valence-electron chi connectivity index (χ2n) is 3.51. The van der Waals surface area contributed by atoms with E-state index in [2.05, 4.69) is 13.8 Å². The maximum atomic E-state index is 9.73. The standard InChI is InChI=1S/C8H17NO2/c1-3-6(2)7(9)8(10)4-11-5-8/h6-7,10H,3-5,9H2,1-2H3/t6-,7+/m1/s1. The minimum Gasteiger partial charge on any atom is -0.383 e. The van der Waals surface area contributed by atoms with E-state index in [1.807, 2.05) is 0 Å². The van der Waals surface area contributed by atoms with Crippen LogP contribution >= 0.6 is 0 Å². The van der Waals surface area contributed by atoms with E-state index in [4.69, 9.17) is 10.5 Å². The van der Waals surface area contributed by atoms with Crippen LogP contribution in [0.4, 0.5) is 0 Å². The maximum Gasteiger partial charge on any atom is 0.126 e. The van der Waals surface area contributed by atoms with Crippen LogP contribution in [0.1, 0.15) is 20.3 Å². The molecular formula is C8H17NO2. The summed E-state index contributed by atoms with van der Waals surface area (Å²) in [4.78, 5) is 0. The highest BCUT2D eigenvalue weighted by atomic mass is 16.5. The maximum absolute atomic E-state index is 9.73. The van der Waals surface area contributed by atoms with Gasteiger partial charge >= 0.3 is 0 Å². The van der Waals surface area contributed by atoms with Crippen molar-refractivity contribution in [2.45, 2.75) is 31.9 Å². The predicted molar refractivity (Wildman–Crippen MR) is 43.2 cm³/mol. The lowest BCUT2D eigenvalue weighted by atomic mass is 9.83. The number of hydrogen-bond acceptors (Lipinski definition) is 3. The van der Waals surface area contributed by atoms with E-state index in [1.165, 1.54) is 0 Å². The number of hydrogen-bond donors (Lipinski definition) is 2. The van der Waals surface area contributed by atoms with Gasteiger partial charge in [-0.05, 0) is 5.92 Å². The van der Waals surface area contributed by atoms with Gasteiger partial charge in [0.2, 0.25) is 0 Å². The highest BCUT2D eigenvalue weighted by molar-refractivity contribution is 4.96. The lowest BCUT2D eigenvalue weighted by Crippen LogP contribution is -2.63. The Labute approximate surface area is 67.5 Å². The van der Waals surface area contributed by atoms with Crippen LogP contribution in [-0.4, -0.2) is 30.0 Å². The molecule has 1 saturated heterocycles. The summed E-state index contributed by atoms with van der Waals surface area (Å²) in [6, 6.07) is -0.138. The van der Waals surface area contributed by atoms with Gasteiger partial charge in [0.05, 0.1) is 13.2 Å². The summed E-state index contributed by atoms with van der Waals surface area (Å²) < 4.78 is 4.92. The summed E-state index contributed by atoms with van der Waals surface area (Å²) in [6.07, 6.45) is 1.00. The zero-order valence-electron chi connectivity index (χ0n) is 7.21. The van der Waals surface area contributed by atoms with Crippen LogP contribution < -0.4 is 5.73 Å². The summed E-state index contributed by atoms with van der Waals surface area (Å²) >= 11 is 0. The molecule has 2 atom stereocenters. The number of ether oxygens (including phenoxy) is 1. The fourth-order valence-electron chi connectivity index (χ4n) is 1.29. The molecule has 1 aliphatic rings. The van der Waals surface area contributed by atoms with Gasteiger partial charge in [-0.25, -0.2) is 0 Å². The molecule has 0 aliphatic carbocycles. The zero-order chi connectivity index (χ0) is 8.48. The van der Waals surface area contributed by atoms with Gasteiger partial charge in [0, 0.05) is 6.04 Å². The van der Waals surface area contributed by atoms with E-state index >= 15 is 0 Å². The molecular weight excluding hydrogens is 142 g/mol. The highest BCUT2D eigenvalue weighted by Crippen LogP contribution is 2.25. The first-order valence-electron chi connectivity index (χ1n) is 4.16. The van der Waals surface area contributed by atoms with Gasteiger partial charge in [0.25, 0.3) is 0 Å². The van der Waals surface area contributed by atoms with E-state index in [9.17, 15) is 5.11 Å². The van der Waals surface area contributed by atoms with Crippen molar-refractivity contribution in [2.24, 2.45) is 11.7 Å². The normalized spacial score (nSPS) is 27.3. The van der Waals surface area contributed by atoms with Crippen molar-refractivity contribution in [2.75, 3.05) is 13.2 Å². The smallest absolute Gasteiger partial charge is 0.126 e. The van der Waals surface area contributed by atoms with Crippen LogP contribution in [0.15, 0.2) is 0 Å². The third-order valence-electron chi connectivity index (χ3n) is 2.58. The molecule has 0 bridgehead atoms. The second kappa shape index (κ2) is 3.09. The van der Waals surface area contributed by atoms with Crippen molar-refractivity contribution in [1.29, 1.82) is 0 Å². The molecule has 1 fully saturated rings. The molecule has 3 nitrogen and oxygen atoms in total. The Hall–Kier alpha value is -0.120. The summed E-state index contributed by atoms with van der Waals surface area (Å²) in [7, 11) is 0. The third-order valence-corrected chi connectivity index (χ3v) is 2.58. The lowest BCUT2D eigenvalue weighted by Gasteiger charge is -2.43. The van der Waals surface area contributed by atoms with Crippen LogP contribution in [0.5, 0.6) is 0 Å². The Morgan fingerprint density at radius 1 is 1.64 bits per heavy atom. The molecule has 0 aromatic carbocycles. The predicted octanol–water partition coefficient (Wildman–Crippen LogP) is 0.121. The first-order chi connectivity index (χ1) is 5.10. The van der Waals surface area contributed by atoms with Gasteiger partial charge in [0.15, 0.2) is 0 Å². The molecule has 0 amide bonds. The van der Waals surface area contributed by atoms with Crippen molar-refractivity contribution >= 4 is 0 Å². The Morgan fingerprint density at radius 3 is 2.45 bits per heavy atom. The molecule has 0 aromatic rings. The quantitative estimate of drug-likeness (QED) is 0.615. The molecule has 3 N–H and O–H groups in total. The van der Waals surface area contributed by atoms with Crippen LogP contribution in [0.25, 0.3) is 0 Å². The summed E-state index contributed by atoms with van der Waals surface area (Å²) in [5, 5.41) is 9.73. The van der Waals surface area contributed by atoms with Crippen LogP contribution in [0.2, 0.25) is 0 Å². The average Bonchev–Trinajstić information content (AvgIpc) is 1.97. The van der Waals surface area contributed by atoms with Crippen LogP contribution in [-0.2, 0) is 4.74 Å². The van der Waals surface area contributed by atoms with E-state index < -0.39 is 5.60 Å². The topological polar surface area (TPSA) is 55.5 Å². The van der Waals surface area contributed by atoms with E-state index in [-0.39, 0.29) is 6.04 Å². The first kappa shape index (κ1) is 8.97. The third kappa shape index (κ3) is 1.55. The van der Waals surface area contributed by atoms with E-state index in [0.29, 0.717) is 19.1 Å². The van der Waals surface area contributed by atoms with E-state index in [1.54, 1.807) is 0 Å². The molecule has 3 heteroatoms. The van der Waals surface area contributed by atoms with Gasteiger partial charge < -0.3 is 15.6 Å². The van der Waals surface area contributed by atoms with Gasteiger partial charge in [-0.15, -0.1) is 0 Å². The number of rotatable bonds is 3. The monoisotopic (exact) mass is 159 g/mol. The summed E-state index contributed by atoms with van der Waals surface area (Å²) in [5.74, 6) is 0.365. The van der Waals surface area contributed by atoms with Gasteiger partial charge in [0.1, 0.15) is 5.60 Å². The van der Waals surface area contributed by atoms with Crippen molar-refractivity contribution in [3.8, 4) is 0 Å². The largest absolute Gasteiger partial charge is 0.383 e. The lowest BCUT2D eigenvalue weighted by molar-refractivity contribution is -0.195. The number of aliphatic hydroxyl groups is 1. The Balaban J connectivity index is 2.45. The van der Waals surface area contributed by atoms with Crippen LogP contribution in [0.3, 0.4) is 0 Å². The molecule has 66 valence electrons. The molecule has 1 heterocycles. The minimum atomic E-state index is -0.741. The zero-order valence-corrected chi connectivity index (χ0v) is 7.21. The summed E-state index contributed by atoms with van der Waals surface area (Å²) in [5.41, 5.74) is 5.10. The molecule has 11 heavy (non-hydrogen) atoms. The van der Waals surface area contributed by atoms with Crippen molar-refractivity contribution < 1.29 is 9.84 Å². The minimum absolute atomic E-state index is 0.138. The van der Waals surface area contributed by atoms with Crippen molar-refractivity contribution in [3.63, 3.8) is 0 Å². The average molecular weight is 159 g/mol. The summed E-state index contributed by atoms with van der Waals surface area (Å²) in [6.45, 7) is 4.94. The van der Waals surface area contributed by atoms with Gasteiger partial charge in [-0.3, -0.25) is 0 Å². The molecule has 0 spiro atoms. The fraction of sp³-hybridized carbons (Fsp3) is 1.00. The molecule has 0 unspecified atom stereocenters.